The number of hydrogen-bond donors (Lipinski definition) is 0. The largest absolute Gasteiger partial charge is 0.497 e. The fourth-order valence-corrected chi connectivity index (χ4v) is 3.38. The number of rotatable bonds is 5. The summed E-state index contributed by atoms with van der Waals surface area (Å²) >= 11 is 0. The number of ether oxygens (including phenoxy) is 2. The van der Waals surface area contributed by atoms with Gasteiger partial charge >= 0.3 is 0 Å². The summed E-state index contributed by atoms with van der Waals surface area (Å²) in [6, 6.07) is 20.5. The van der Waals surface area contributed by atoms with Crippen molar-refractivity contribution in [2.24, 2.45) is 0 Å². The number of benzene rings is 3. The Hall–Kier alpha value is -3.60. The van der Waals surface area contributed by atoms with Crippen molar-refractivity contribution in [1.82, 2.24) is 15.0 Å². The van der Waals surface area contributed by atoms with Gasteiger partial charge in [0, 0.05) is 11.6 Å². The topological polar surface area (TPSA) is 49.2 Å². The molecular formula is C24H23N3O2. The van der Waals surface area contributed by atoms with Gasteiger partial charge in [-0.15, -0.1) is 5.10 Å². The number of aryl methyl sites for hydroxylation is 1. The second kappa shape index (κ2) is 7.80. The van der Waals surface area contributed by atoms with Gasteiger partial charge < -0.3 is 9.47 Å². The third-order valence-corrected chi connectivity index (χ3v) is 5.22. The molecule has 0 radical (unpaired) electrons. The molecule has 0 spiro atoms. The summed E-state index contributed by atoms with van der Waals surface area (Å²) in [5, 5.41) is 8.45. The lowest BCUT2D eigenvalue weighted by Gasteiger charge is -2.13. The van der Waals surface area contributed by atoms with Crippen molar-refractivity contribution in [1.29, 1.82) is 0 Å². The van der Waals surface area contributed by atoms with Crippen LogP contribution >= 0.6 is 0 Å². The van der Waals surface area contributed by atoms with Crippen molar-refractivity contribution in [3.05, 3.63) is 78.0 Å². The predicted molar refractivity (Wildman–Crippen MR) is 115 cm³/mol. The molecule has 0 N–H and O–H groups in total. The molecule has 5 heteroatoms. The summed E-state index contributed by atoms with van der Waals surface area (Å²) in [7, 11) is 3.36. The van der Waals surface area contributed by atoms with Crippen molar-refractivity contribution in [2.75, 3.05) is 14.2 Å². The number of aromatic nitrogens is 3. The lowest BCUT2D eigenvalue weighted by atomic mass is 10.0. The zero-order valence-electron chi connectivity index (χ0n) is 17.0. The highest BCUT2D eigenvalue weighted by molar-refractivity contribution is 5.70. The molecule has 0 saturated heterocycles. The van der Waals surface area contributed by atoms with E-state index in [4.69, 9.17) is 9.47 Å². The molecule has 1 aromatic heterocycles. The van der Waals surface area contributed by atoms with Gasteiger partial charge in [0.25, 0.3) is 0 Å². The van der Waals surface area contributed by atoms with Crippen molar-refractivity contribution < 1.29 is 9.47 Å². The molecule has 5 nitrogen and oxygen atoms in total. The average Bonchev–Trinajstić information content (AvgIpc) is 3.26. The molecule has 0 unspecified atom stereocenters. The van der Waals surface area contributed by atoms with Gasteiger partial charge in [-0.3, -0.25) is 0 Å². The molecule has 4 rings (SSSR count). The van der Waals surface area contributed by atoms with E-state index in [1.807, 2.05) is 22.9 Å². The van der Waals surface area contributed by atoms with Crippen LogP contribution in [-0.4, -0.2) is 29.2 Å². The minimum Gasteiger partial charge on any atom is -0.497 e. The van der Waals surface area contributed by atoms with E-state index >= 15 is 0 Å². The van der Waals surface area contributed by atoms with Gasteiger partial charge in [0.05, 0.1) is 31.8 Å². The monoisotopic (exact) mass is 385 g/mol. The van der Waals surface area contributed by atoms with Gasteiger partial charge in [-0.1, -0.05) is 41.6 Å². The average molecular weight is 385 g/mol. The zero-order chi connectivity index (χ0) is 20.4. The maximum absolute atomic E-state index is 5.52. The second-order valence-corrected chi connectivity index (χ2v) is 6.93. The van der Waals surface area contributed by atoms with E-state index in [0.717, 1.165) is 50.7 Å². The SMILES string of the molecule is COc1ccc(-c2ccc(-c3cnnn3-c3cc(C)c(C)c(OC)c3)cc2)cc1. The Bertz CT molecular complexity index is 1130. The summed E-state index contributed by atoms with van der Waals surface area (Å²) in [4.78, 5) is 0. The van der Waals surface area contributed by atoms with Crippen LogP contribution in [0.2, 0.25) is 0 Å². The molecule has 146 valence electrons. The number of nitrogens with zero attached hydrogens (tertiary/aromatic N) is 3. The fourth-order valence-electron chi connectivity index (χ4n) is 3.38. The van der Waals surface area contributed by atoms with Crippen molar-refractivity contribution >= 4 is 0 Å². The maximum atomic E-state index is 5.52. The van der Waals surface area contributed by atoms with Crippen LogP contribution in [0.4, 0.5) is 0 Å². The van der Waals surface area contributed by atoms with Crippen LogP contribution in [0.1, 0.15) is 11.1 Å². The Kier molecular flexibility index (Phi) is 5.04. The van der Waals surface area contributed by atoms with E-state index in [0.29, 0.717) is 0 Å². The van der Waals surface area contributed by atoms with Crippen LogP contribution in [0.15, 0.2) is 66.9 Å². The van der Waals surface area contributed by atoms with Gasteiger partial charge in [0.15, 0.2) is 0 Å². The van der Waals surface area contributed by atoms with Crippen LogP contribution in [0, 0.1) is 13.8 Å². The van der Waals surface area contributed by atoms with Crippen molar-refractivity contribution in [3.63, 3.8) is 0 Å². The predicted octanol–water partition coefficient (Wildman–Crippen LogP) is 5.24. The molecule has 1 heterocycles. The molecule has 4 aromatic rings. The van der Waals surface area contributed by atoms with E-state index in [-0.39, 0.29) is 0 Å². The molecule has 29 heavy (non-hydrogen) atoms. The van der Waals surface area contributed by atoms with E-state index in [2.05, 4.69) is 66.6 Å². The summed E-state index contributed by atoms with van der Waals surface area (Å²) in [6.07, 6.45) is 1.78. The smallest absolute Gasteiger partial charge is 0.124 e. The minimum atomic E-state index is 0.844. The molecule has 0 aliphatic rings. The molecule has 3 aromatic carbocycles. The third-order valence-electron chi connectivity index (χ3n) is 5.22. The summed E-state index contributed by atoms with van der Waals surface area (Å²) in [6.45, 7) is 4.12. The quantitative estimate of drug-likeness (QED) is 0.472. The van der Waals surface area contributed by atoms with Crippen LogP contribution in [0.3, 0.4) is 0 Å². The van der Waals surface area contributed by atoms with Gasteiger partial charge in [-0.05, 0) is 54.3 Å². The first-order valence-corrected chi connectivity index (χ1v) is 9.42. The summed E-state index contributed by atoms with van der Waals surface area (Å²) < 4.78 is 12.6. The molecule has 0 amide bonds. The summed E-state index contributed by atoms with van der Waals surface area (Å²) in [5.41, 5.74) is 7.46. The van der Waals surface area contributed by atoms with Gasteiger partial charge in [-0.25, -0.2) is 4.68 Å². The van der Waals surface area contributed by atoms with Crippen molar-refractivity contribution in [2.45, 2.75) is 13.8 Å². The highest BCUT2D eigenvalue weighted by Crippen LogP contribution is 2.30. The first kappa shape index (κ1) is 18.7. The van der Waals surface area contributed by atoms with Crippen LogP contribution in [-0.2, 0) is 0 Å². The Morgan fingerprint density at radius 3 is 2.00 bits per heavy atom. The van der Waals surface area contributed by atoms with Crippen LogP contribution in [0.25, 0.3) is 28.1 Å². The van der Waals surface area contributed by atoms with E-state index in [1.54, 1.807) is 20.4 Å². The third kappa shape index (κ3) is 3.59. The Balaban J connectivity index is 1.69. The standard InChI is InChI=1S/C24H23N3O2/c1-16-13-21(14-24(29-4)17(16)2)27-23(15-25-26-27)20-7-5-18(6-8-20)19-9-11-22(28-3)12-10-19/h5-15H,1-4H3. The van der Waals surface area contributed by atoms with E-state index in [1.165, 1.54) is 0 Å². The van der Waals surface area contributed by atoms with Crippen LogP contribution < -0.4 is 9.47 Å². The van der Waals surface area contributed by atoms with E-state index < -0.39 is 0 Å². The first-order valence-electron chi connectivity index (χ1n) is 9.42. The molecule has 0 saturated carbocycles. The molecule has 0 atom stereocenters. The Labute approximate surface area is 170 Å². The van der Waals surface area contributed by atoms with Gasteiger partial charge in [-0.2, -0.15) is 0 Å². The highest BCUT2D eigenvalue weighted by Gasteiger charge is 2.12. The van der Waals surface area contributed by atoms with Gasteiger partial charge in [0.1, 0.15) is 11.5 Å². The molecular weight excluding hydrogens is 362 g/mol. The lowest BCUT2D eigenvalue weighted by molar-refractivity contribution is 0.411. The molecule has 0 bridgehead atoms. The minimum absolute atomic E-state index is 0.844. The second-order valence-electron chi connectivity index (χ2n) is 6.93. The van der Waals surface area contributed by atoms with Crippen LogP contribution in [0.5, 0.6) is 11.5 Å². The molecule has 0 aliphatic heterocycles. The first-order chi connectivity index (χ1) is 14.1. The molecule has 0 aliphatic carbocycles. The normalized spacial score (nSPS) is 10.8. The Morgan fingerprint density at radius 2 is 1.38 bits per heavy atom. The maximum Gasteiger partial charge on any atom is 0.124 e. The zero-order valence-corrected chi connectivity index (χ0v) is 17.0. The van der Waals surface area contributed by atoms with Crippen molar-refractivity contribution in [3.8, 4) is 39.6 Å². The van der Waals surface area contributed by atoms with Gasteiger partial charge in [0.2, 0.25) is 0 Å². The fraction of sp³-hybridized carbons (Fsp3) is 0.167. The highest BCUT2D eigenvalue weighted by atomic mass is 16.5. The molecule has 0 fully saturated rings. The Morgan fingerprint density at radius 1 is 0.759 bits per heavy atom. The lowest BCUT2D eigenvalue weighted by Crippen LogP contribution is -2.02. The number of hydrogen-bond acceptors (Lipinski definition) is 4. The summed E-state index contributed by atoms with van der Waals surface area (Å²) in [5.74, 6) is 1.69. The van der Waals surface area contributed by atoms with E-state index in [9.17, 15) is 0 Å². The number of methoxy groups -OCH3 is 2.